The first kappa shape index (κ1) is 12.2. The summed E-state index contributed by atoms with van der Waals surface area (Å²) in [6, 6.07) is 0. The highest BCUT2D eigenvalue weighted by molar-refractivity contribution is 5.36. The predicted octanol–water partition coefficient (Wildman–Crippen LogP) is 2.38. The van der Waals surface area contributed by atoms with Gasteiger partial charge in [0.25, 0.3) is 6.47 Å². The minimum atomic E-state index is 0.482. The largest absolute Gasteiger partial charge is 0.468 e. The second kappa shape index (κ2) is 15.8. The molecule has 0 unspecified atom stereocenters. The highest BCUT2D eigenvalue weighted by Gasteiger charge is 1.78. The molecule has 0 aliphatic carbocycles. The maximum Gasteiger partial charge on any atom is 0.293 e. The molecule has 62 valence electrons. The quantitative estimate of drug-likeness (QED) is 0.449. The smallest absolute Gasteiger partial charge is 0.293 e. The van der Waals surface area contributed by atoms with Gasteiger partial charge in [0.2, 0.25) is 0 Å². The average molecular weight is 146 g/mol. The Bertz CT molecular complexity index is 53.2. The van der Waals surface area contributed by atoms with Gasteiger partial charge >= 0.3 is 0 Å². The van der Waals surface area contributed by atoms with Gasteiger partial charge in [0.05, 0.1) is 6.61 Å². The van der Waals surface area contributed by atoms with Crippen molar-refractivity contribution in [2.45, 2.75) is 40.0 Å². The van der Waals surface area contributed by atoms with E-state index in [2.05, 4.69) is 18.6 Å². The molecule has 0 saturated heterocycles. The lowest BCUT2D eigenvalue weighted by Gasteiger charge is -1.90. The molecule has 0 saturated carbocycles. The van der Waals surface area contributed by atoms with Crippen LogP contribution in [-0.2, 0) is 9.53 Å². The van der Waals surface area contributed by atoms with E-state index in [1.165, 1.54) is 6.42 Å². The molecule has 0 heterocycles. The molecule has 0 bridgehead atoms. The van der Waals surface area contributed by atoms with Crippen LogP contribution in [0.2, 0.25) is 0 Å². The number of carbonyl (C=O) groups is 1. The number of rotatable bonds is 4. The fourth-order valence-electron chi connectivity index (χ4n) is 0.276. The molecule has 0 atom stereocenters. The lowest BCUT2D eigenvalue weighted by molar-refractivity contribution is -0.128. The van der Waals surface area contributed by atoms with Gasteiger partial charge in [-0.15, -0.1) is 0 Å². The zero-order chi connectivity index (χ0) is 8.24. The van der Waals surface area contributed by atoms with Crippen molar-refractivity contribution >= 4 is 6.47 Å². The minimum absolute atomic E-state index is 0.482. The van der Waals surface area contributed by atoms with E-state index in [0.717, 1.165) is 12.8 Å². The standard InChI is InChI=1S/C5H10O2.C3H8/c1-2-3-4-7-5-6;1-3-2/h5H,2-4H2,1H3;3H2,1-2H3. The normalized spacial score (nSPS) is 7.50. The van der Waals surface area contributed by atoms with Gasteiger partial charge in [-0.1, -0.05) is 33.6 Å². The van der Waals surface area contributed by atoms with Crippen molar-refractivity contribution in [1.29, 1.82) is 0 Å². The van der Waals surface area contributed by atoms with Crippen LogP contribution in [0.5, 0.6) is 0 Å². The van der Waals surface area contributed by atoms with E-state index in [1.807, 2.05) is 6.92 Å². The average Bonchev–Trinajstić information content (AvgIpc) is 1.91. The molecule has 0 aliphatic rings. The van der Waals surface area contributed by atoms with Crippen LogP contribution in [0, 0.1) is 0 Å². The summed E-state index contributed by atoms with van der Waals surface area (Å²) in [5.41, 5.74) is 0. The number of hydrogen-bond acceptors (Lipinski definition) is 2. The number of ether oxygens (including phenoxy) is 1. The van der Waals surface area contributed by atoms with E-state index in [9.17, 15) is 4.79 Å². The topological polar surface area (TPSA) is 26.3 Å². The van der Waals surface area contributed by atoms with Gasteiger partial charge < -0.3 is 4.74 Å². The Morgan fingerprint density at radius 1 is 1.30 bits per heavy atom. The number of unbranched alkanes of at least 4 members (excludes halogenated alkanes) is 1. The molecule has 0 spiro atoms. The van der Waals surface area contributed by atoms with Crippen molar-refractivity contribution in [3.63, 3.8) is 0 Å². The first-order valence-corrected chi connectivity index (χ1v) is 3.88. The summed E-state index contributed by atoms with van der Waals surface area (Å²) in [5, 5.41) is 0. The molecule has 0 radical (unpaired) electrons. The van der Waals surface area contributed by atoms with Gasteiger partial charge in [-0.3, -0.25) is 4.79 Å². The van der Waals surface area contributed by atoms with Crippen molar-refractivity contribution in [3.05, 3.63) is 0 Å². The maximum absolute atomic E-state index is 9.46. The maximum atomic E-state index is 9.46. The molecule has 0 fully saturated rings. The fourth-order valence-corrected chi connectivity index (χ4v) is 0.276. The van der Waals surface area contributed by atoms with Crippen LogP contribution in [0.4, 0.5) is 0 Å². The Morgan fingerprint density at radius 3 is 2.10 bits per heavy atom. The van der Waals surface area contributed by atoms with Gasteiger partial charge in [-0.2, -0.15) is 0 Å². The molecule has 2 heteroatoms. The Kier molecular flexibility index (Phi) is 19.2. The van der Waals surface area contributed by atoms with Gasteiger partial charge in [0.1, 0.15) is 0 Å². The second-order valence-electron chi connectivity index (χ2n) is 2.03. The predicted molar refractivity (Wildman–Crippen MR) is 42.9 cm³/mol. The zero-order valence-electron chi connectivity index (χ0n) is 7.22. The van der Waals surface area contributed by atoms with E-state index in [4.69, 9.17) is 0 Å². The third kappa shape index (κ3) is 26.0. The van der Waals surface area contributed by atoms with Crippen LogP contribution in [0.1, 0.15) is 40.0 Å². The molecule has 0 N–H and O–H groups in total. The Hall–Kier alpha value is -0.530. The summed E-state index contributed by atoms with van der Waals surface area (Å²) >= 11 is 0. The van der Waals surface area contributed by atoms with E-state index in [1.54, 1.807) is 0 Å². The molecular weight excluding hydrogens is 128 g/mol. The number of hydrogen-bond donors (Lipinski definition) is 0. The third-order valence-corrected chi connectivity index (χ3v) is 0.684. The van der Waals surface area contributed by atoms with Gasteiger partial charge in [0.15, 0.2) is 0 Å². The lowest BCUT2D eigenvalue weighted by Crippen LogP contribution is -1.88. The van der Waals surface area contributed by atoms with Crippen molar-refractivity contribution in [2.24, 2.45) is 0 Å². The van der Waals surface area contributed by atoms with Crippen LogP contribution in [0.15, 0.2) is 0 Å². The zero-order valence-corrected chi connectivity index (χ0v) is 7.22. The first-order valence-electron chi connectivity index (χ1n) is 3.88. The highest BCUT2D eigenvalue weighted by atomic mass is 16.5. The summed E-state index contributed by atoms with van der Waals surface area (Å²) in [5.74, 6) is 0. The van der Waals surface area contributed by atoms with Crippen molar-refractivity contribution in [1.82, 2.24) is 0 Å². The van der Waals surface area contributed by atoms with E-state index < -0.39 is 0 Å². The van der Waals surface area contributed by atoms with Crippen LogP contribution in [0.3, 0.4) is 0 Å². The Balaban J connectivity index is 0. The minimum Gasteiger partial charge on any atom is -0.468 e. The molecule has 0 amide bonds. The fraction of sp³-hybridized carbons (Fsp3) is 0.875. The van der Waals surface area contributed by atoms with Crippen molar-refractivity contribution < 1.29 is 9.53 Å². The highest BCUT2D eigenvalue weighted by Crippen LogP contribution is 1.83. The van der Waals surface area contributed by atoms with Gasteiger partial charge in [-0.05, 0) is 6.42 Å². The number of carbonyl (C=O) groups excluding carboxylic acids is 1. The van der Waals surface area contributed by atoms with E-state index >= 15 is 0 Å². The van der Waals surface area contributed by atoms with Crippen molar-refractivity contribution in [3.8, 4) is 0 Å². The molecule has 0 rings (SSSR count). The first-order chi connectivity index (χ1) is 4.83. The monoisotopic (exact) mass is 146 g/mol. The van der Waals surface area contributed by atoms with Crippen LogP contribution >= 0.6 is 0 Å². The molecule has 0 aliphatic heterocycles. The van der Waals surface area contributed by atoms with E-state index in [0.29, 0.717) is 13.1 Å². The third-order valence-electron chi connectivity index (χ3n) is 0.684. The SMILES string of the molecule is CCC.CCCCOC=O. The van der Waals surface area contributed by atoms with Gasteiger partial charge in [-0.25, -0.2) is 0 Å². The Labute approximate surface area is 63.6 Å². The summed E-state index contributed by atoms with van der Waals surface area (Å²) in [6.07, 6.45) is 3.30. The lowest BCUT2D eigenvalue weighted by atomic mass is 10.4. The van der Waals surface area contributed by atoms with Gasteiger partial charge in [0, 0.05) is 0 Å². The molecule has 0 aromatic heterocycles. The molecule has 2 nitrogen and oxygen atoms in total. The van der Waals surface area contributed by atoms with E-state index in [-0.39, 0.29) is 0 Å². The molecule has 0 aromatic rings. The summed E-state index contributed by atoms with van der Waals surface area (Å²) < 4.78 is 4.39. The van der Waals surface area contributed by atoms with Crippen molar-refractivity contribution in [2.75, 3.05) is 6.61 Å². The molecule has 10 heavy (non-hydrogen) atoms. The van der Waals surface area contributed by atoms with Crippen LogP contribution in [0.25, 0.3) is 0 Å². The van der Waals surface area contributed by atoms with Crippen LogP contribution < -0.4 is 0 Å². The summed E-state index contributed by atoms with van der Waals surface area (Å²) in [6.45, 7) is 7.35. The summed E-state index contributed by atoms with van der Waals surface area (Å²) in [7, 11) is 0. The molecule has 0 aromatic carbocycles. The summed E-state index contributed by atoms with van der Waals surface area (Å²) in [4.78, 5) is 9.46. The second-order valence-corrected chi connectivity index (χ2v) is 2.03. The molecular formula is C8H18O2. The Morgan fingerprint density at radius 2 is 1.80 bits per heavy atom. The van der Waals surface area contributed by atoms with Crippen LogP contribution in [-0.4, -0.2) is 13.1 Å².